The third-order valence-corrected chi connectivity index (χ3v) is 3.41. The maximum absolute atomic E-state index is 12.2. The highest BCUT2D eigenvalue weighted by molar-refractivity contribution is 6.07. The van der Waals surface area contributed by atoms with Gasteiger partial charge in [0.05, 0.1) is 5.56 Å². The molecule has 3 rings (SSSR count). The summed E-state index contributed by atoms with van der Waals surface area (Å²) in [4.78, 5) is 12.2. The van der Waals surface area contributed by atoms with Crippen LogP contribution < -0.4 is 5.32 Å². The Balaban J connectivity index is 1.89. The molecule has 3 nitrogen and oxygen atoms in total. The Labute approximate surface area is 122 Å². The second-order valence-electron chi connectivity index (χ2n) is 5.04. The Hall–Kier alpha value is -2.81. The van der Waals surface area contributed by atoms with Gasteiger partial charge in [0.25, 0.3) is 5.91 Å². The minimum atomic E-state index is -0.317. The van der Waals surface area contributed by atoms with E-state index in [9.17, 15) is 9.90 Å². The lowest BCUT2D eigenvalue weighted by Crippen LogP contribution is -2.12. The Morgan fingerprint density at radius 1 is 0.952 bits per heavy atom. The summed E-state index contributed by atoms with van der Waals surface area (Å²) in [7, 11) is 0. The first-order valence-electron chi connectivity index (χ1n) is 6.73. The third kappa shape index (κ3) is 2.72. The average molecular weight is 277 g/mol. The Bertz CT molecular complexity index is 824. The molecule has 104 valence electrons. The molecule has 0 saturated heterocycles. The van der Waals surface area contributed by atoms with Crippen molar-refractivity contribution in [3.05, 3.63) is 71.8 Å². The summed E-state index contributed by atoms with van der Waals surface area (Å²) >= 11 is 0. The van der Waals surface area contributed by atoms with Gasteiger partial charge in [0.15, 0.2) is 0 Å². The highest BCUT2D eigenvalue weighted by Crippen LogP contribution is 2.22. The van der Waals surface area contributed by atoms with Gasteiger partial charge in [0, 0.05) is 5.69 Å². The van der Waals surface area contributed by atoms with Gasteiger partial charge in [-0.05, 0) is 47.5 Å². The molecule has 3 aromatic carbocycles. The van der Waals surface area contributed by atoms with Crippen molar-refractivity contribution in [3.63, 3.8) is 0 Å². The van der Waals surface area contributed by atoms with Crippen LogP contribution in [0.3, 0.4) is 0 Å². The normalized spacial score (nSPS) is 10.5. The first kappa shape index (κ1) is 13.2. The van der Waals surface area contributed by atoms with E-state index in [4.69, 9.17) is 0 Å². The van der Waals surface area contributed by atoms with E-state index in [1.165, 1.54) is 0 Å². The zero-order valence-electron chi connectivity index (χ0n) is 11.6. The number of rotatable bonds is 2. The van der Waals surface area contributed by atoms with Crippen molar-refractivity contribution in [3.8, 4) is 5.75 Å². The van der Waals surface area contributed by atoms with Crippen LogP contribution in [0.1, 0.15) is 15.9 Å². The van der Waals surface area contributed by atoms with Crippen molar-refractivity contribution in [1.82, 2.24) is 0 Å². The molecule has 0 fully saturated rings. The molecular weight excluding hydrogens is 262 g/mol. The van der Waals surface area contributed by atoms with Crippen molar-refractivity contribution in [2.75, 3.05) is 5.32 Å². The topological polar surface area (TPSA) is 49.3 Å². The van der Waals surface area contributed by atoms with E-state index in [0.29, 0.717) is 5.69 Å². The minimum absolute atomic E-state index is 0.00621. The molecule has 0 bridgehead atoms. The molecule has 0 spiro atoms. The molecule has 0 aliphatic carbocycles. The smallest absolute Gasteiger partial charge is 0.259 e. The first-order valence-corrected chi connectivity index (χ1v) is 6.73. The second-order valence-corrected chi connectivity index (χ2v) is 5.04. The number of benzene rings is 3. The van der Waals surface area contributed by atoms with Crippen LogP contribution in [0.25, 0.3) is 10.8 Å². The monoisotopic (exact) mass is 277 g/mol. The lowest BCUT2D eigenvalue weighted by atomic mass is 10.1. The predicted octanol–water partition coefficient (Wildman–Crippen LogP) is 4.11. The lowest BCUT2D eigenvalue weighted by molar-refractivity contribution is 0.102. The van der Waals surface area contributed by atoms with Crippen LogP contribution in [0, 0.1) is 6.92 Å². The number of fused-ring (bicyclic) bond motifs is 1. The molecule has 0 heterocycles. The SMILES string of the molecule is Cc1ccc(C(=O)Nc2ccc3ccccc3c2)c(O)c1. The van der Waals surface area contributed by atoms with Crippen LogP contribution in [-0.4, -0.2) is 11.0 Å². The molecule has 0 radical (unpaired) electrons. The predicted molar refractivity (Wildman–Crippen MR) is 84.7 cm³/mol. The van der Waals surface area contributed by atoms with Gasteiger partial charge in [0.2, 0.25) is 0 Å². The fraction of sp³-hybridized carbons (Fsp3) is 0.0556. The third-order valence-electron chi connectivity index (χ3n) is 3.41. The summed E-state index contributed by atoms with van der Waals surface area (Å²) in [6.07, 6.45) is 0. The van der Waals surface area contributed by atoms with Gasteiger partial charge in [-0.2, -0.15) is 0 Å². The van der Waals surface area contributed by atoms with Gasteiger partial charge >= 0.3 is 0 Å². The molecule has 0 aliphatic heterocycles. The highest BCUT2D eigenvalue weighted by atomic mass is 16.3. The van der Waals surface area contributed by atoms with Gasteiger partial charge in [-0.25, -0.2) is 0 Å². The average Bonchev–Trinajstić information content (AvgIpc) is 2.47. The van der Waals surface area contributed by atoms with Gasteiger partial charge in [-0.15, -0.1) is 0 Å². The van der Waals surface area contributed by atoms with Crippen LogP contribution in [-0.2, 0) is 0 Å². The zero-order chi connectivity index (χ0) is 14.8. The summed E-state index contributed by atoms with van der Waals surface area (Å²) < 4.78 is 0. The van der Waals surface area contributed by atoms with Crippen molar-refractivity contribution >= 4 is 22.4 Å². The molecule has 2 N–H and O–H groups in total. The summed E-state index contributed by atoms with van der Waals surface area (Å²) in [5, 5.41) is 14.8. The molecule has 21 heavy (non-hydrogen) atoms. The summed E-state index contributed by atoms with van der Waals surface area (Å²) in [6.45, 7) is 1.87. The fourth-order valence-electron chi connectivity index (χ4n) is 2.30. The van der Waals surface area contributed by atoms with Crippen LogP contribution in [0.2, 0.25) is 0 Å². The van der Waals surface area contributed by atoms with Crippen molar-refractivity contribution in [2.45, 2.75) is 6.92 Å². The Morgan fingerprint density at radius 2 is 1.71 bits per heavy atom. The van der Waals surface area contributed by atoms with E-state index in [0.717, 1.165) is 16.3 Å². The number of aromatic hydroxyl groups is 1. The van der Waals surface area contributed by atoms with E-state index in [-0.39, 0.29) is 17.2 Å². The fourth-order valence-corrected chi connectivity index (χ4v) is 2.30. The standard InChI is InChI=1S/C18H15NO2/c1-12-6-9-16(17(20)10-12)18(21)19-15-8-7-13-4-2-3-5-14(13)11-15/h2-11,20H,1H3,(H,19,21). The first-order chi connectivity index (χ1) is 10.1. The van der Waals surface area contributed by atoms with Crippen molar-refractivity contribution < 1.29 is 9.90 Å². The molecule has 3 aromatic rings. The molecule has 1 amide bonds. The molecule has 3 heteroatoms. The number of carbonyl (C=O) groups excluding carboxylic acids is 1. The largest absolute Gasteiger partial charge is 0.507 e. The number of phenols is 1. The van der Waals surface area contributed by atoms with Crippen LogP contribution >= 0.6 is 0 Å². The molecule has 0 unspecified atom stereocenters. The van der Waals surface area contributed by atoms with Crippen LogP contribution in [0.4, 0.5) is 5.69 Å². The van der Waals surface area contributed by atoms with E-state index in [1.54, 1.807) is 18.2 Å². The number of carbonyl (C=O) groups is 1. The second kappa shape index (κ2) is 5.29. The highest BCUT2D eigenvalue weighted by Gasteiger charge is 2.11. The summed E-state index contributed by atoms with van der Waals surface area (Å²) in [5.74, 6) is -0.323. The van der Waals surface area contributed by atoms with E-state index in [1.807, 2.05) is 49.4 Å². The molecule has 0 atom stereocenters. The minimum Gasteiger partial charge on any atom is -0.507 e. The number of hydrogen-bond donors (Lipinski definition) is 2. The maximum atomic E-state index is 12.2. The number of amides is 1. The van der Waals surface area contributed by atoms with E-state index in [2.05, 4.69) is 5.32 Å². The number of aryl methyl sites for hydroxylation is 1. The number of hydrogen-bond acceptors (Lipinski definition) is 2. The Kier molecular flexibility index (Phi) is 3.32. The summed E-state index contributed by atoms with van der Waals surface area (Å²) in [6, 6.07) is 18.7. The molecule has 0 aromatic heterocycles. The number of phenolic OH excluding ortho intramolecular Hbond substituents is 1. The summed E-state index contributed by atoms with van der Waals surface area (Å²) in [5.41, 5.74) is 1.89. The van der Waals surface area contributed by atoms with Gasteiger partial charge < -0.3 is 10.4 Å². The zero-order valence-corrected chi connectivity index (χ0v) is 11.6. The maximum Gasteiger partial charge on any atom is 0.259 e. The van der Waals surface area contributed by atoms with Gasteiger partial charge in [-0.1, -0.05) is 36.4 Å². The van der Waals surface area contributed by atoms with Crippen LogP contribution in [0.15, 0.2) is 60.7 Å². The molecule has 0 saturated carbocycles. The van der Waals surface area contributed by atoms with Gasteiger partial charge in [0.1, 0.15) is 5.75 Å². The lowest BCUT2D eigenvalue weighted by Gasteiger charge is -2.08. The number of anilines is 1. The van der Waals surface area contributed by atoms with Gasteiger partial charge in [-0.3, -0.25) is 4.79 Å². The van der Waals surface area contributed by atoms with Crippen molar-refractivity contribution in [2.24, 2.45) is 0 Å². The molecular formula is C18H15NO2. The van der Waals surface area contributed by atoms with Crippen LogP contribution in [0.5, 0.6) is 5.75 Å². The van der Waals surface area contributed by atoms with E-state index >= 15 is 0 Å². The van der Waals surface area contributed by atoms with E-state index < -0.39 is 0 Å². The van der Waals surface area contributed by atoms with Crippen molar-refractivity contribution in [1.29, 1.82) is 0 Å². The Morgan fingerprint density at radius 3 is 2.48 bits per heavy atom. The molecule has 0 aliphatic rings. The quantitative estimate of drug-likeness (QED) is 0.740. The number of nitrogens with one attached hydrogen (secondary N) is 1.